The maximum absolute atomic E-state index is 12.2. The lowest BCUT2D eigenvalue weighted by Gasteiger charge is -2.12. The molecule has 0 aliphatic rings. The number of hydrogen-bond donors (Lipinski definition) is 1. The van der Waals surface area contributed by atoms with Crippen molar-refractivity contribution >= 4 is 17.5 Å². The SMILES string of the molecule is CCc1cccc(Cl)c1-n1cnc(NCC(C)C)nc1=O. The molecule has 1 N–H and O–H groups in total. The summed E-state index contributed by atoms with van der Waals surface area (Å²) in [7, 11) is 0. The van der Waals surface area contributed by atoms with Crippen molar-refractivity contribution < 1.29 is 0 Å². The van der Waals surface area contributed by atoms with Gasteiger partial charge in [-0.25, -0.2) is 14.3 Å². The molecular formula is C15H19ClN4O. The van der Waals surface area contributed by atoms with Crippen molar-refractivity contribution in [3.8, 4) is 5.69 Å². The summed E-state index contributed by atoms with van der Waals surface area (Å²) in [5, 5.41) is 3.55. The van der Waals surface area contributed by atoms with E-state index in [0.717, 1.165) is 18.5 Å². The number of hydrogen-bond acceptors (Lipinski definition) is 4. The van der Waals surface area contributed by atoms with Gasteiger partial charge in [-0.1, -0.05) is 44.5 Å². The maximum Gasteiger partial charge on any atom is 0.356 e. The van der Waals surface area contributed by atoms with Gasteiger partial charge in [0.15, 0.2) is 0 Å². The summed E-state index contributed by atoms with van der Waals surface area (Å²) >= 11 is 6.23. The molecule has 0 fully saturated rings. The molecule has 1 aromatic carbocycles. The van der Waals surface area contributed by atoms with Crippen LogP contribution in [-0.4, -0.2) is 21.1 Å². The molecule has 112 valence electrons. The zero-order chi connectivity index (χ0) is 15.4. The van der Waals surface area contributed by atoms with E-state index < -0.39 is 0 Å². The van der Waals surface area contributed by atoms with Crippen molar-refractivity contribution in [2.24, 2.45) is 5.92 Å². The molecule has 0 spiro atoms. The molecule has 5 nitrogen and oxygen atoms in total. The van der Waals surface area contributed by atoms with Crippen LogP contribution < -0.4 is 11.0 Å². The van der Waals surface area contributed by atoms with Crippen molar-refractivity contribution in [3.63, 3.8) is 0 Å². The van der Waals surface area contributed by atoms with E-state index in [4.69, 9.17) is 11.6 Å². The number of nitrogens with zero attached hydrogens (tertiary/aromatic N) is 3. The fraction of sp³-hybridized carbons (Fsp3) is 0.400. The molecule has 0 aliphatic carbocycles. The Balaban J connectivity index is 2.40. The first-order valence-corrected chi connectivity index (χ1v) is 7.38. The zero-order valence-corrected chi connectivity index (χ0v) is 13.2. The van der Waals surface area contributed by atoms with Crippen molar-refractivity contribution in [3.05, 3.63) is 45.6 Å². The molecule has 0 saturated carbocycles. The highest BCUT2D eigenvalue weighted by Gasteiger charge is 2.11. The number of nitrogens with one attached hydrogen (secondary N) is 1. The van der Waals surface area contributed by atoms with Gasteiger partial charge in [-0.2, -0.15) is 4.98 Å². The first-order valence-electron chi connectivity index (χ1n) is 7.00. The van der Waals surface area contributed by atoms with Crippen molar-refractivity contribution in [2.45, 2.75) is 27.2 Å². The van der Waals surface area contributed by atoms with Crippen LogP contribution in [0.25, 0.3) is 5.69 Å². The third-order valence-electron chi connectivity index (χ3n) is 3.06. The van der Waals surface area contributed by atoms with Gasteiger partial charge in [-0.3, -0.25) is 0 Å². The van der Waals surface area contributed by atoms with Gasteiger partial charge in [-0.05, 0) is 24.0 Å². The van der Waals surface area contributed by atoms with Crippen LogP contribution in [0.1, 0.15) is 26.3 Å². The number of rotatable bonds is 5. The summed E-state index contributed by atoms with van der Waals surface area (Å²) in [5.41, 5.74) is 1.25. The van der Waals surface area contributed by atoms with E-state index >= 15 is 0 Å². The second-order valence-electron chi connectivity index (χ2n) is 5.21. The predicted octanol–water partition coefficient (Wildman–Crippen LogP) is 2.91. The summed E-state index contributed by atoms with van der Waals surface area (Å²) in [4.78, 5) is 20.4. The highest BCUT2D eigenvalue weighted by molar-refractivity contribution is 6.32. The highest BCUT2D eigenvalue weighted by atomic mass is 35.5. The lowest BCUT2D eigenvalue weighted by molar-refractivity contribution is 0.681. The molecule has 1 aromatic heterocycles. The zero-order valence-electron chi connectivity index (χ0n) is 12.4. The van der Waals surface area contributed by atoms with Crippen LogP contribution in [0.2, 0.25) is 5.02 Å². The summed E-state index contributed by atoms with van der Waals surface area (Å²) in [6.07, 6.45) is 2.24. The Morgan fingerprint density at radius 1 is 1.38 bits per heavy atom. The Hall–Kier alpha value is -1.88. The van der Waals surface area contributed by atoms with Gasteiger partial charge >= 0.3 is 5.69 Å². The molecule has 6 heteroatoms. The van der Waals surface area contributed by atoms with E-state index in [1.54, 1.807) is 6.07 Å². The molecule has 0 bridgehead atoms. The molecule has 21 heavy (non-hydrogen) atoms. The van der Waals surface area contributed by atoms with Crippen LogP contribution in [-0.2, 0) is 6.42 Å². The molecule has 0 radical (unpaired) electrons. The minimum atomic E-state index is -0.390. The number of aromatic nitrogens is 3. The number of anilines is 1. The Labute approximate surface area is 129 Å². The molecule has 0 aliphatic heterocycles. The first kappa shape index (κ1) is 15.5. The Bertz CT molecular complexity index is 682. The summed E-state index contributed by atoms with van der Waals surface area (Å²) in [6, 6.07) is 5.57. The number of benzene rings is 1. The van der Waals surface area contributed by atoms with Crippen molar-refractivity contribution in [1.29, 1.82) is 0 Å². The highest BCUT2D eigenvalue weighted by Crippen LogP contribution is 2.23. The first-order chi connectivity index (χ1) is 10.0. The summed E-state index contributed by atoms with van der Waals surface area (Å²) in [5.74, 6) is 0.793. The minimum absolute atomic E-state index is 0.343. The predicted molar refractivity (Wildman–Crippen MR) is 85.3 cm³/mol. The van der Waals surface area contributed by atoms with E-state index in [9.17, 15) is 4.79 Å². The van der Waals surface area contributed by atoms with Gasteiger partial charge in [-0.15, -0.1) is 0 Å². The topological polar surface area (TPSA) is 59.8 Å². The quantitative estimate of drug-likeness (QED) is 0.922. The van der Waals surface area contributed by atoms with E-state index in [-0.39, 0.29) is 5.69 Å². The lowest BCUT2D eigenvalue weighted by atomic mass is 10.1. The average molecular weight is 307 g/mol. The summed E-state index contributed by atoms with van der Waals surface area (Å²) < 4.78 is 1.39. The Morgan fingerprint density at radius 2 is 2.14 bits per heavy atom. The molecule has 0 unspecified atom stereocenters. The Kier molecular flexibility index (Phi) is 4.96. The molecule has 2 rings (SSSR count). The lowest BCUT2D eigenvalue weighted by Crippen LogP contribution is -2.25. The standard InChI is InChI=1S/C15H19ClN4O/c1-4-11-6-5-7-12(16)13(11)20-9-18-14(19-15(20)21)17-8-10(2)3/h5-7,9-10H,4,8H2,1-3H3,(H,17,19,21). The third kappa shape index (κ3) is 3.61. The molecule has 0 saturated heterocycles. The van der Waals surface area contributed by atoms with Crippen LogP contribution in [0.4, 0.5) is 5.95 Å². The van der Waals surface area contributed by atoms with E-state index in [1.165, 1.54) is 10.9 Å². The van der Waals surface area contributed by atoms with E-state index in [1.807, 2.05) is 19.1 Å². The second kappa shape index (κ2) is 6.72. The number of aryl methyl sites for hydroxylation is 1. The van der Waals surface area contributed by atoms with Gasteiger partial charge in [0, 0.05) is 6.54 Å². The molecule has 2 aromatic rings. The minimum Gasteiger partial charge on any atom is -0.354 e. The van der Waals surface area contributed by atoms with Gasteiger partial charge in [0.2, 0.25) is 5.95 Å². The molecule has 0 atom stereocenters. The van der Waals surface area contributed by atoms with Crippen LogP contribution >= 0.6 is 11.6 Å². The van der Waals surface area contributed by atoms with Crippen LogP contribution in [0.5, 0.6) is 0 Å². The number of para-hydroxylation sites is 1. The normalized spacial score (nSPS) is 10.9. The molecule has 1 heterocycles. The summed E-state index contributed by atoms with van der Waals surface area (Å²) in [6.45, 7) is 6.88. The van der Waals surface area contributed by atoms with Crippen LogP contribution in [0.15, 0.2) is 29.3 Å². The fourth-order valence-electron chi connectivity index (χ4n) is 1.98. The third-order valence-corrected chi connectivity index (χ3v) is 3.37. The van der Waals surface area contributed by atoms with Crippen LogP contribution in [0, 0.1) is 5.92 Å². The monoisotopic (exact) mass is 306 g/mol. The average Bonchev–Trinajstić information content (AvgIpc) is 2.45. The van der Waals surface area contributed by atoms with Crippen LogP contribution in [0.3, 0.4) is 0 Å². The van der Waals surface area contributed by atoms with Gasteiger partial charge < -0.3 is 5.32 Å². The number of halogens is 1. The molecule has 0 amide bonds. The fourth-order valence-corrected chi connectivity index (χ4v) is 2.27. The maximum atomic E-state index is 12.2. The van der Waals surface area contributed by atoms with Crippen molar-refractivity contribution in [2.75, 3.05) is 11.9 Å². The van der Waals surface area contributed by atoms with Gasteiger partial charge in [0.05, 0.1) is 10.7 Å². The van der Waals surface area contributed by atoms with Crippen molar-refractivity contribution in [1.82, 2.24) is 14.5 Å². The largest absolute Gasteiger partial charge is 0.356 e. The Morgan fingerprint density at radius 3 is 2.76 bits per heavy atom. The van der Waals surface area contributed by atoms with Gasteiger partial charge in [0.1, 0.15) is 6.33 Å². The second-order valence-corrected chi connectivity index (χ2v) is 5.62. The van der Waals surface area contributed by atoms with E-state index in [0.29, 0.717) is 22.6 Å². The van der Waals surface area contributed by atoms with E-state index in [2.05, 4.69) is 29.1 Å². The molecular weight excluding hydrogens is 288 g/mol. The van der Waals surface area contributed by atoms with Gasteiger partial charge in [0.25, 0.3) is 0 Å². The smallest absolute Gasteiger partial charge is 0.354 e.